The van der Waals surface area contributed by atoms with Gasteiger partial charge in [0.2, 0.25) is 0 Å². The fourth-order valence-corrected chi connectivity index (χ4v) is 5.55. The lowest BCUT2D eigenvalue weighted by atomic mass is 10.1. The lowest BCUT2D eigenvalue weighted by molar-refractivity contribution is 0.564. The van der Waals surface area contributed by atoms with Crippen LogP contribution in [0.3, 0.4) is 0 Å². The molecule has 1 nitrogen and oxygen atoms in total. The maximum atomic E-state index is 9.02. The van der Waals surface area contributed by atoms with Crippen molar-refractivity contribution in [1.29, 1.82) is 5.26 Å². The molecule has 4 heteroatoms. The minimum Gasteiger partial charge on any atom is -0.197 e. The monoisotopic (exact) mass is 345 g/mol. The molecule has 1 unspecified atom stereocenters. The van der Waals surface area contributed by atoms with Crippen LogP contribution in [0.1, 0.15) is 85.5 Å². The van der Waals surface area contributed by atoms with Crippen LogP contribution in [0, 0.1) is 11.3 Å². The summed E-state index contributed by atoms with van der Waals surface area (Å²) in [6, 6.07) is 2.29. The minimum atomic E-state index is -0.401. The Bertz CT molecular complexity index is 320. The average Bonchev–Trinajstić information content (AvgIpc) is 2.41. The zero-order valence-corrected chi connectivity index (χ0v) is 16.6. The Labute approximate surface area is 146 Å². The predicted molar refractivity (Wildman–Crippen MR) is 104 cm³/mol. The maximum Gasteiger partial charge on any atom is 0.106 e. The van der Waals surface area contributed by atoms with E-state index in [0.29, 0.717) is 5.25 Å². The third-order valence-corrected chi connectivity index (χ3v) is 6.05. The molecule has 0 N–H and O–H groups in total. The SMILES string of the molecule is CCCCCCCCCCC(C)SC(=S)SC(C)(C)C#N. The second-order valence-electron chi connectivity index (χ2n) is 6.17. The summed E-state index contributed by atoms with van der Waals surface area (Å²) in [4.78, 5) is 0. The van der Waals surface area contributed by atoms with Crippen molar-refractivity contribution in [2.45, 2.75) is 95.5 Å². The second-order valence-corrected chi connectivity index (χ2v) is 10.4. The molecule has 0 aromatic rings. The number of thioether (sulfide) groups is 2. The van der Waals surface area contributed by atoms with Crippen LogP contribution in [0.25, 0.3) is 0 Å². The molecule has 1 atom stereocenters. The molecule has 0 spiro atoms. The molecule has 0 aliphatic heterocycles. The summed E-state index contributed by atoms with van der Waals surface area (Å²) >= 11 is 8.66. The van der Waals surface area contributed by atoms with Crippen molar-refractivity contribution in [3.8, 4) is 6.07 Å². The van der Waals surface area contributed by atoms with Crippen molar-refractivity contribution in [1.82, 2.24) is 0 Å². The normalized spacial score (nSPS) is 12.9. The van der Waals surface area contributed by atoms with Crippen LogP contribution in [-0.2, 0) is 0 Å². The van der Waals surface area contributed by atoms with E-state index in [1.807, 2.05) is 13.8 Å². The predicted octanol–water partition coefficient (Wildman–Crippen LogP) is 6.96. The maximum absolute atomic E-state index is 9.02. The van der Waals surface area contributed by atoms with Crippen molar-refractivity contribution < 1.29 is 0 Å². The van der Waals surface area contributed by atoms with Gasteiger partial charge in [0.05, 0.1) is 6.07 Å². The molecule has 0 aromatic heterocycles. The highest BCUT2D eigenvalue weighted by Crippen LogP contribution is 2.33. The summed E-state index contributed by atoms with van der Waals surface area (Å²) in [6.45, 7) is 8.36. The largest absolute Gasteiger partial charge is 0.197 e. The molecule has 0 aliphatic rings. The van der Waals surface area contributed by atoms with Gasteiger partial charge in [-0.25, -0.2) is 0 Å². The smallest absolute Gasteiger partial charge is 0.106 e. The van der Waals surface area contributed by atoms with Crippen LogP contribution in [0.2, 0.25) is 0 Å². The number of rotatable bonds is 11. The summed E-state index contributed by atoms with van der Waals surface area (Å²) in [6.07, 6.45) is 12.2. The highest BCUT2D eigenvalue weighted by atomic mass is 32.2. The van der Waals surface area contributed by atoms with Gasteiger partial charge in [0, 0.05) is 5.25 Å². The molecular weight excluding hydrogens is 314 g/mol. The van der Waals surface area contributed by atoms with Gasteiger partial charge in [-0.3, -0.25) is 0 Å². The molecule has 0 heterocycles. The van der Waals surface area contributed by atoms with Crippen molar-refractivity contribution >= 4 is 39.3 Å². The van der Waals surface area contributed by atoms with Gasteiger partial charge in [-0.05, 0) is 20.3 Å². The molecule has 0 saturated heterocycles. The molecule has 21 heavy (non-hydrogen) atoms. The van der Waals surface area contributed by atoms with E-state index in [0.717, 1.165) is 3.53 Å². The number of thiocarbonyl (C=S) groups is 1. The van der Waals surface area contributed by atoms with Crippen LogP contribution < -0.4 is 0 Å². The van der Waals surface area contributed by atoms with E-state index in [4.69, 9.17) is 17.5 Å². The van der Waals surface area contributed by atoms with E-state index in [9.17, 15) is 0 Å². The highest BCUT2D eigenvalue weighted by Gasteiger charge is 2.21. The van der Waals surface area contributed by atoms with Crippen LogP contribution in [0.4, 0.5) is 0 Å². The standard InChI is InChI=1S/C17H31NS3/c1-5-6-7-8-9-10-11-12-13-15(2)20-16(19)21-17(3,4)14-18/h15H,5-13H2,1-4H3. The van der Waals surface area contributed by atoms with Crippen LogP contribution >= 0.6 is 35.7 Å². The number of nitrogens with zero attached hydrogens (tertiary/aromatic N) is 1. The summed E-state index contributed by atoms with van der Waals surface area (Å²) in [5.74, 6) is 0. The Morgan fingerprint density at radius 3 is 2.14 bits per heavy atom. The number of nitriles is 1. The van der Waals surface area contributed by atoms with E-state index < -0.39 is 4.75 Å². The third kappa shape index (κ3) is 13.7. The van der Waals surface area contributed by atoms with Crippen molar-refractivity contribution in [3.63, 3.8) is 0 Å². The molecule has 122 valence electrons. The average molecular weight is 346 g/mol. The Hall–Kier alpha value is 0.280. The van der Waals surface area contributed by atoms with Gasteiger partial charge in [0.25, 0.3) is 0 Å². The van der Waals surface area contributed by atoms with Gasteiger partial charge in [-0.15, -0.1) is 11.8 Å². The molecule has 0 rings (SSSR count). The number of unbranched alkanes of at least 4 members (excludes halogenated alkanes) is 7. The molecule has 0 saturated carbocycles. The first kappa shape index (κ1) is 21.3. The Balaban J connectivity index is 3.56. The first-order valence-corrected chi connectivity index (χ1v) is 10.3. The molecule has 0 aromatic carbocycles. The Kier molecular flexibility index (Phi) is 13.0. The van der Waals surface area contributed by atoms with E-state index in [2.05, 4.69) is 19.9 Å². The second kappa shape index (κ2) is 12.8. The molecule has 0 bridgehead atoms. The van der Waals surface area contributed by atoms with Crippen molar-refractivity contribution in [3.05, 3.63) is 0 Å². The summed E-state index contributed by atoms with van der Waals surface area (Å²) < 4.78 is 0.510. The van der Waals surface area contributed by atoms with Crippen LogP contribution in [0.5, 0.6) is 0 Å². The zero-order chi connectivity index (χ0) is 16.1. The molecule has 0 amide bonds. The van der Waals surface area contributed by atoms with E-state index in [1.54, 1.807) is 11.8 Å². The quantitative estimate of drug-likeness (QED) is 0.298. The van der Waals surface area contributed by atoms with Crippen LogP contribution in [-0.4, -0.2) is 13.5 Å². The minimum absolute atomic E-state index is 0.401. The number of hydrogen-bond acceptors (Lipinski definition) is 4. The van der Waals surface area contributed by atoms with Crippen LogP contribution in [0.15, 0.2) is 0 Å². The first-order chi connectivity index (χ1) is 9.91. The van der Waals surface area contributed by atoms with Gasteiger partial charge in [-0.2, -0.15) is 5.26 Å². The summed E-state index contributed by atoms with van der Waals surface area (Å²) in [5.41, 5.74) is 0. The highest BCUT2D eigenvalue weighted by molar-refractivity contribution is 8.47. The van der Waals surface area contributed by atoms with E-state index in [-0.39, 0.29) is 0 Å². The molecule has 0 fully saturated rings. The molecule has 0 aliphatic carbocycles. The van der Waals surface area contributed by atoms with Crippen molar-refractivity contribution in [2.75, 3.05) is 0 Å². The fraction of sp³-hybridized carbons (Fsp3) is 0.882. The lowest BCUT2D eigenvalue weighted by Crippen LogP contribution is -2.13. The van der Waals surface area contributed by atoms with Gasteiger partial charge in [0.1, 0.15) is 8.28 Å². The fourth-order valence-electron chi connectivity index (χ4n) is 2.04. The van der Waals surface area contributed by atoms with Gasteiger partial charge < -0.3 is 0 Å². The van der Waals surface area contributed by atoms with Gasteiger partial charge in [0.15, 0.2) is 0 Å². The van der Waals surface area contributed by atoms with Gasteiger partial charge >= 0.3 is 0 Å². The topological polar surface area (TPSA) is 23.8 Å². The zero-order valence-electron chi connectivity index (χ0n) is 14.1. The summed E-state index contributed by atoms with van der Waals surface area (Å²) in [5, 5.41) is 9.58. The molecular formula is C17H31NS3. The Morgan fingerprint density at radius 1 is 1.10 bits per heavy atom. The third-order valence-electron chi connectivity index (χ3n) is 3.37. The lowest BCUT2D eigenvalue weighted by Gasteiger charge is -2.17. The Morgan fingerprint density at radius 2 is 1.62 bits per heavy atom. The summed E-state index contributed by atoms with van der Waals surface area (Å²) in [7, 11) is 0. The van der Waals surface area contributed by atoms with Gasteiger partial charge in [-0.1, -0.05) is 89.2 Å². The van der Waals surface area contributed by atoms with E-state index >= 15 is 0 Å². The van der Waals surface area contributed by atoms with Crippen molar-refractivity contribution in [2.24, 2.45) is 0 Å². The van der Waals surface area contributed by atoms with E-state index in [1.165, 1.54) is 69.5 Å². The molecule has 0 radical (unpaired) electrons. The first-order valence-electron chi connectivity index (χ1n) is 8.22. The number of hydrogen-bond donors (Lipinski definition) is 0.